The summed E-state index contributed by atoms with van der Waals surface area (Å²) in [6.07, 6.45) is 2.85. The average Bonchev–Trinajstić information content (AvgIpc) is 2.81. The zero-order valence-electron chi connectivity index (χ0n) is 7.63. The number of pyridine rings is 1. The Balaban J connectivity index is 1.90. The van der Waals surface area contributed by atoms with Gasteiger partial charge in [0.05, 0.1) is 0 Å². The van der Waals surface area contributed by atoms with Crippen LogP contribution in [0, 0.1) is 17.7 Å². The molecule has 70 valence electrons. The van der Waals surface area contributed by atoms with Gasteiger partial charge >= 0.3 is 0 Å². The van der Waals surface area contributed by atoms with Gasteiger partial charge in [-0.25, -0.2) is 9.37 Å². The molecule has 1 aliphatic carbocycles. The third-order valence-corrected chi connectivity index (χ3v) is 2.57. The highest BCUT2D eigenvalue weighted by Gasteiger charge is 2.32. The van der Waals surface area contributed by atoms with Crippen molar-refractivity contribution in [3.8, 4) is 0 Å². The quantitative estimate of drug-likeness (QED) is 0.772. The molecule has 2 rings (SSSR count). The van der Waals surface area contributed by atoms with Gasteiger partial charge in [-0.15, -0.1) is 0 Å². The van der Waals surface area contributed by atoms with Crippen molar-refractivity contribution in [3.63, 3.8) is 0 Å². The molecule has 1 aliphatic rings. The van der Waals surface area contributed by atoms with E-state index < -0.39 is 0 Å². The first-order valence-corrected chi connectivity index (χ1v) is 4.62. The summed E-state index contributed by atoms with van der Waals surface area (Å²) in [4.78, 5) is 3.92. The molecule has 0 aromatic carbocycles. The Morgan fingerprint density at radius 3 is 3.08 bits per heavy atom. The number of aromatic nitrogens is 1. The van der Waals surface area contributed by atoms with Crippen molar-refractivity contribution >= 4 is 5.82 Å². The van der Waals surface area contributed by atoms with Gasteiger partial charge in [-0.2, -0.15) is 0 Å². The number of hydrogen-bond acceptors (Lipinski definition) is 2. The highest BCUT2D eigenvalue weighted by atomic mass is 19.1. The molecule has 1 heterocycles. The van der Waals surface area contributed by atoms with E-state index in [0.29, 0.717) is 11.7 Å². The SMILES string of the molecule is CC1CC1CNc1ncccc1F. The monoisotopic (exact) mass is 180 g/mol. The summed E-state index contributed by atoms with van der Waals surface area (Å²) in [6.45, 7) is 3.05. The van der Waals surface area contributed by atoms with E-state index in [0.717, 1.165) is 12.5 Å². The third-order valence-electron chi connectivity index (χ3n) is 2.57. The van der Waals surface area contributed by atoms with Crippen LogP contribution >= 0.6 is 0 Å². The van der Waals surface area contributed by atoms with Crippen LogP contribution in [0.15, 0.2) is 18.3 Å². The largest absolute Gasteiger partial charge is 0.367 e. The lowest BCUT2D eigenvalue weighted by Crippen LogP contribution is -2.07. The first-order valence-electron chi connectivity index (χ1n) is 4.62. The Bertz CT molecular complexity index is 301. The molecule has 1 saturated carbocycles. The number of nitrogens with zero attached hydrogens (tertiary/aromatic N) is 1. The van der Waals surface area contributed by atoms with Crippen molar-refractivity contribution in [2.75, 3.05) is 11.9 Å². The average molecular weight is 180 g/mol. The van der Waals surface area contributed by atoms with Gasteiger partial charge in [-0.05, 0) is 30.4 Å². The van der Waals surface area contributed by atoms with Crippen LogP contribution in [0.2, 0.25) is 0 Å². The molecule has 0 aliphatic heterocycles. The van der Waals surface area contributed by atoms with Crippen molar-refractivity contribution in [2.45, 2.75) is 13.3 Å². The van der Waals surface area contributed by atoms with E-state index in [1.807, 2.05) is 0 Å². The van der Waals surface area contributed by atoms with Crippen LogP contribution in [0.3, 0.4) is 0 Å². The lowest BCUT2D eigenvalue weighted by molar-refractivity contribution is 0.622. The smallest absolute Gasteiger partial charge is 0.165 e. The topological polar surface area (TPSA) is 24.9 Å². The Morgan fingerprint density at radius 2 is 2.46 bits per heavy atom. The van der Waals surface area contributed by atoms with E-state index in [1.165, 1.54) is 12.5 Å². The standard InChI is InChI=1S/C10H13FN2/c1-7-5-8(7)6-13-10-9(11)3-2-4-12-10/h2-4,7-8H,5-6H2,1H3,(H,12,13). The maximum Gasteiger partial charge on any atom is 0.165 e. The van der Waals surface area contributed by atoms with Crippen LogP contribution in [-0.4, -0.2) is 11.5 Å². The van der Waals surface area contributed by atoms with E-state index in [2.05, 4.69) is 17.2 Å². The van der Waals surface area contributed by atoms with Crippen LogP contribution in [0.4, 0.5) is 10.2 Å². The van der Waals surface area contributed by atoms with Gasteiger partial charge in [0.2, 0.25) is 0 Å². The number of anilines is 1. The van der Waals surface area contributed by atoms with Gasteiger partial charge < -0.3 is 5.32 Å². The summed E-state index contributed by atoms with van der Waals surface area (Å²) in [5.74, 6) is 1.61. The zero-order valence-corrected chi connectivity index (χ0v) is 7.63. The van der Waals surface area contributed by atoms with Crippen molar-refractivity contribution in [3.05, 3.63) is 24.1 Å². The second-order valence-corrected chi connectivity index (χ2v) is 3.69. The van der Waals surface area contributed by atoms with Crippen LogP contribution in [0.1, 0.15) is 13.3 Å². The predicted molar refractivity (Wildman–Crippen MR) is 50.0 cm³/mol. The number of rotatable bonds is 3. The molecule has 1 N–H and O–H groups in total. The van der Waals surface area contributed by atoms with Gasteiger partial charge in [-0.3, -0.25) is 0 Å². The van der Waals surface area contributed by atoms with Crippen LogP contribution in [0.25, 0.3) is 0 Å². The second-order valence-electron chi connectivity index (χ2n) is 3.69. The van der Waals surface area contributed by atoms with Gasteiger partial charge in [0.25, 0.3) is 0 Å². The molecule has 13 heavy (non-hydrogen) atoms. The molecule has 3 heteroatoms. The summed E-state index contributed by atoms with van der Waals surface area (Å²) in [7, 11) is 0. The fraction of sp³-hybridized carbons (Fsp3) is 0.500. The summed E-state index contributed by atoms with van der Waals surface area (Å²) in [5.41, 5.74) is 0. The van der Waals surface area contributed by atoms with Crippen molar-refractivity contribution in [2.24, 2.45) is 11.8 Å². The molecule has 1 aromatic heterocycles. The highest BCUT2D eigenvalue weighted by Crippen LogP contribution is 2.37. The Morgan fingerprint density at radius 1 is 1.69 bits per heavy atom. The fourth-order valence-corrected chi connectivity index (χ4v) is 1.43. The summed E-state index contributed by atoms with van der Waals surface area (Å²) < 4.78 is 13.0. The first kappa shape index (κ1) is 8.48. The minimum absolute atomic E-state index is 0.268. The summed E-state index contributed by atoms with van der Waals surface area (Å²) in [5, 5.41) is 3.02. The van der Waals surface area contributed by atoms with Crippen molar-refractivity contribution < 1.29 is 4.39 Å². The normalized spacial score (nSPS) is 25.7. The minimum atomic E-state index is -0.268. The highest BCUT2D eigenvalue weighted by molar-refractivity contribution is 5.35. The van der Waals surface area contributed by atoms with E-state index >= 15 is 0 Å². The summed E-state index contributed by atoms with van der Waals surface area (Å²) in [6, 6.07) is 3.02. The molecule has 0 saturated heterocycles. The minimum Gasteiger partial charge on any atom is -0.367 e. The number of hydrogen-bond donors (Lipinski definition) is 1. The van der Waals surface area contributed by atoms with Gasteiger partial charge in [0, 0.05) is 12.7 Å². The lowest BCUT2D eigenvalue weighted by Gasteiger charge is -2.04. The molecular weight excluding hydrogens is 167 g/mol. The van der Waals surface area contributed by atoms with Crippen molar-refractivity contribution in [1.82, 2.24) is 4.98 Å². The van der Waals surface area contributed by atoms with Crippen LogP contribution in [0.5, 0.6) is 0 Å². The third kappa shape index (κ3) is 1.97. The molecule has 2 unspecified atom stereocenters. The van der Waals surface area contributed by atoms with E-state index in [9.17, 15) is 4.39 Å². The van der Waals surface area contributed by atoms with Gasteiger partial charge in [0.1, 0.15) is 0 Å². The molecule has 1 aromatic rings. The molecular formula is C10H13FN2. The maximum absolute atomic E-state index is 13.0. The van der Waals surface area contributed by atoms with Crippen molar-refractivity contribution in [1.29, 1.82) is 0 Å². The Labute approximate surface area is 77.2 Å². The number of halogens is 1. The number of nitrogens with one attached hydrogen (secondary N) is 1. The maximum atomic E-state index is 13.0. The molecule has 1 fully saturated rings. The van der Waals surface area contributed by atoms with Gasteiger partial charge in [0.15, 0.2) is 11.6 Å². The van der Waals surface area contributed by atoms with E-state index in [4.69, 9.17) is 0 Å². The first-order chi connectivity index (χ1) is 6.27. The predicted octanol–water partition coefficient (Wildman–Crippen LogP) is 2.29. The molecule has 0 radical (unpaired) electrons. The second kappa shape index (κ2) is 3.32. The Kier molecular flexibility index (Phi) is 2.17. The fourth-order valence-electron chi connectivity index (χ4n) is 1.43. The zero-order chi connectivity index (χ0) is 9.26. The van der Waals surface area contributed by atoms with E-state index in [-0.39, 0.29) is 5.82 Å². The molecule has 0 spiro atoms. The van der Waals surface area contributed by atoms with Gasteiger partial charge in [-0.1, -0.05) is 6.92 Å². The van der Waals surface area contributed by atoms with E-state index in [1.54, 1.807) is 12.3 Å². The molecule has 0 amide bonds. The van der Waals surface area contributed by atoms with Crippen LogP contribution in [-0.2, 0) is 0 Å². The summed E-state index contributed by atoms with van der Waals surface area (Å²) >= 11 is 0. The Hall–Kier alpha value is -1.12. The molecule has 2 nitrogen and oxygen atoms in total. The molecule has 0 bridgehead atoms. The van der Waals surface area contributed by atoms with Crippen LogP contribution < -0.4 is 5.32 Å². The lowest BCUT2D eigenvalue weighted by atomic mass is 10.3. The molecule has 2 atom stereocenters.